The van der Waals surface area contributed by atoms with Gasteiger partial charge in [0.05, 0.1) is 13.0 Å². The summed E-state index contributed by atoms with van der Waals surface area (Å²) < 4.78 is 37.3. The Morgan fingerprint density at radius 3 is 2.95 bits per heavy atom. The van der Waals surface area contributed by atoms with Crippen molar-refractivity contribution in [2.45, 2.75) is 31.4 Å². The number of carbonyl (C=O) groups is 1. The molecule has 3 rings (SSSR count). The van der Waals surface area contributed by atoms with Crippen molar-refractivity contribution in [3.8, 4) is 5.75 Å². The van der Waals surface area contributed by atoms with E-state index in [1.165, 1.54) is 0 Å². The molecule has 7 heteroatoms. The number of benzene rings is 1. The average molecular weight is 362 g/mol. The lowest BCUT2D eigenvalue weighted by Gasteiger charge is -2.12. The Bertz CT molecular complexity index is 580. The predicted molar refractivity (Wildman–Crippen MR) is 74.5 cm³/mol. The molecule has 1 aromatic carbocycles. The summed E-state index contributed by atoms with van der Waals surface area (Å²) in [6, 6.07) is 3.96. The second-order valence-corrected chi connectivity index (χ2v) is 6.13. The summed E-state index contributed by atoms with van der Waals surface area (Å²) in [5, 5.41) is 3.05. The number of fused-ring (bicyclic) bond motifs is 1. The SMILES string of the molecule is O=C1OC(CNCc2cc(Br)cc3c2OCC3)CC1(F)F. The third-order valence-corrected chi connectivity index (χ3v) is 4.03. The van der Waals surface area contributed by atoms with Crippen LogP contribution in [0.4, 0.5) is 8.78 Å². The molecule has 2 heterocycles. The Morgan fingerprint density at radius 1 is 1.43 bits per heavy atom. The monoisotopic (exact) mass is 361 g/mol. The molecule has 1 fully saturated rings. The van der Waals surface area contributed by atoms with Gasteiger partial charge < -0.3 is 14.8 Å². The fraction of sp³-hybridized carbons (Fsp3) is 0.500. The highest BCUT2D eigenvalue weighted by Gasteiger charge is 2.50. The molecule has 1 aromatic rings. The summed E-state index contributed by atoms with van der Waals surface area (Å²) in [5.74, 6) is -3.92. The highest BCUT2D eigenvalue weighted by molar-refractivity contribution is 9.10. The van der Waals surface area contributed by atoms with Crippen LogP contribution >= 0.6 is 15.9 Å². The molecule has 1 atom stereocenters. The first-order valence-corrected chi connectivity index (χ1v) is 7.49. The molecule has 0 spiro atoms. The van der Waals surface area contributed by atoms with Crippen molar-refractivity contribution >= 4 is 21.9 Å². The summed E-state index contributed by atoms with van der Waals surface area (Å²) in [6.45, 7) is 1.33. The highest BCUT2D eigenvalue weighted by atomic mass is 79.9. The molecule has 0 bridgehead atoms. The zero-order valence-electron chi connectivity index (χ0n) is 11.1. The lowest BCUT2D eigenvalue weighted by molar-refractivity contribution is -0.159. The van der Waals surface area contributed by atoms with Gasteiger partial charge in [0.2, 0.25) is 0 Å². The van der Waals surface area contributed by atoms with E-state index in [9.17, 15) is 13.6 Å². The molecule has 0 amide bonds. The molecular weight excluding hydrogens is 348 g/mol. The van der Waals surface area contributed by atoms with E-state index < -0.39 is 24.4 Å². The van der Waals surface area contributed by atoms with Gasteiger partial charge >= 0.3 is 11.9 Å². The fourth-order valence-electron chi connectivity index (χ4n) is 2.61. The number of nitrogens with one attached hydrogen (secondary N) is 1. The van der Waals surface area contributed by atoms with Crippen LogP contribution < -0.4 is 10.1 Å². The van der Waals surface area contributed by atoms with Crippen molar-refractivity contribution in [3.63, 3.8) is 0 Å². The molecule has 0 aliphatic carbocycles. The van der Waals surface area contributed by atoms with E-state index in [1.54, 1.807) is 0 Å². The Morgan fingerprint density at radius 2 is 2.24 bits per heavy atom. The Balaban J connectivity index is 1.59. The second-order valence-electron chi connectivity index (χ2n) is 5.22. The van der Waals surface area contributed by atoms with Gasteiger partial charge in [-0.3, -0.25) is 0 Å². The third-order valence-electron chi connectivity index (χ3n) is 3.57. The van der Waals surface area contributed by atoms with Crippen LogP contribution in [0, 0.1) is 0 Å². The van der Waals surface area contributed by atoms with Gasteiger partial charge in [-0.25, -0.2) is 4.79 Å². The number of halogens is 3. The maximum Gasteiger partial charge on any atom is 0.377 e. The van der Waals surface area contributed by atoms with Gasteiger partial charge in [0, 0.05) is 29.5 Å². The topological polar surface area (TPSA) is 47.6 Å². The number of carbonyl (C=O) groups excluding carboxylic acids is 1. The molecule has 0 aromatic heterocycles. The molecule has 21 heavy (non-hydrogen) atoms. The average Bonchev–Trinajstić information content (AvgIpc) is 2.94. The van der Waals surface area contributed by atoms with Crippen LogP contribution in [0.15, 0.2) is 16.6 Å². The Labute approximate surface area is 128 Å². The van der Waals surface area contributed by atoms with Gasteiger partial charge in [-0.05, 0) is 17.7 Å². The summed E-state index contributed by atoms with van der Waals surface area (Å²) in [4.78, 5) is 10.9. The van der Waals surface area contributed by atoms with Crippen LogP contribution in [-0.4, -0.2) is 31.1 Å². The van der Waals surface area contributed by atoms with Crippen molar-refractivity contribution in [2.24, 2.45) is 0 Å². The van der Waals surface area contributed by atoms with E-state index in [2.05, 4.69) is 26.0 Å². The van der Waals surface area contributed by atoms with E-state index in [-0.39, 0.29) is 6.54 Å². The maximum atomic E-state index is 13.0. The smallest absolute Gasteiger partial charge is 0.377 e. The molecular formula is C14H14BrF2NO3. The Kier molecular flexibility index (Phi) is 3.88. The molecule has 0 radical (unpaired) electrons. The predicted octanol–water partition coefficient (Wildman–Crippen LogP) is 2.42. The minimum Gasteiger partial charge on any atom is -0.493 e. The van der Waals surface area contributed by atoms with E-state index in [0.717, 1.165) is 27.8 Å². The van der Waals surface area contributed by atoms with Crippen molar-refractivity contribution < 1.29 is 23.0 Å². The minimum atomic E-state index is -3.35. The maximum absolute atomic E-state index is 13.0. The number of alkyl halides is 2. The van der Waals surface area contributed by atoms with Crippen LogP contribution in [-0.2, 0) is 22.5 Å². The van der Waals surface area contributed by atoms with Gasteiger partial charge in [-0.1, -0.05) is 15.9 Å². The second kappa shape index (κ2) is 5.53. The zero-order chi connectivity index (χ0) is 15.0. The van der Waals surface area contributed by atoms with E-state index >= 15 is 0 Å². The first-order chi connectivity index (χ1) is 9.95. The van der Waals surface area contributed by atoms with Gasteiger partial charge in [0.25, 0.3) is 0 Å². The number of hydrogen-bond donors (Lipinski definition) is 1. The largest absolute Gasteiger partial charge is 0.493 e. The molecule has 2 aliphatic heterocycles. The van der Waals surface area contributed by atoms with Crippen LogP contribution in [0.3, 0.4) is 0 Å². The van der Waals surface area contributed by atoms with Gasteiger partial charge in [-0.2, -0.15) is 8.78 Å². The van der Waals surface area contributed by atoms with Crippen molar-refractivity contribution in [1.29, 1.82) is 0 Å². The summed E-state index contributed by atoms with van der Waals surface area (Å²) in [5.41, 5.74) is 2.10. The van der Waals surface area contributed by atoms with E-state index in [4.69, 9.17) is 4.74 Å². The number of cyclic esters (lactones) is 1. The summed E-state index contributed by atoms with van der Waals surface area (Å²) >= 11 is 3.44. The Hall–Kier alpha value is -1.21. The number of rotatable bonds is 4. The standard InChI is InChI=1S/C14H14BrF2NO3/c15-10-3-8-1-2-20-12(8)9(4-10)6-18-7-11-5-14(16,17)13(19)21-11/h3-4,11,18H,1-2,5-7H2. The van der Waals surface area contributed by atoms with E-state index in [1.807, 2.05) is 12.1 Å². The quantitative estimate of drug-likeness (QED) is 0.836. The van der Waals surface area contributed by atoms with Gasteiger partial charge in [-0.15, -0.1) is 0 Å². The fourth-order valence-corrected chi connectivity index (χ4v) is 3.16. The highest BCUT2D eigenvalue weighted by Crippen LogP contribution is 2.33. The van der Waals surface area contributed by atoms with Gasteiger partial charge in [0.15, 0.2) is 0 Å². The zero-order valence-corrected chi connectivity index (χ0v) is 12.7. The first-order valence-electron chi connectivity index (χ1n) is 6.69. The normalized spacial score (nSPS) is 22.8. The summed E-state index contributed by atoms with van der Waals surface area (Å²) in [7, 11) is 0. The van der Waals surface area contributed by atoms with Crippen LogP contribution in [0.2, 0.25) is 0 Å². The van der Waals surface area contributed by atoms with Crippen LogP contribution in [0.5, 0.6) is 5.75 Å². The van der Waals surface area contributed by atoms with Crippen molar-refractivity contribution in [3.05, 3.63) is 27.7 Å². The van der Waals surface area contributed by atoms with Crippen molar-refractivity contribution in [2.75, 3.05) is 13.2 Å². The lowest BCUT2D eigenvalue weighted by Crippen LogP contribution is -2.27. The summed E-state index contributed by atoms with van der Waals surface area (Å²) in [6.07, 6.45) is -0.478. The van der Waals surface area contributed by atoms with E-state index in [0.29, 0.717) is 13.2 Å². The molecule has 114 valence electrons. The first kappa shape index (κ1) is 14.7. The van der Waals surface area contributed by atoms with Crippen molar-refractivity contribution in [1.82, 2.24) is 5.32 Å². The number of ether oxygens (including phenoxy) is 2. The minimum absolute atomic E-state index is 0.197. The molecule has 2 aliphatic rings. The molecule has 0 saturated carbocycles. The van der Waals surface area contributed by atoms with Crippen LogP contribution in [0.25, 0.3) is 0 Å². The molecule has 4 nitrogen and oxygen atoms in total. The third kappa shape index (κ3) is 3.03. The molecule has 1 unspecified atom stereocenters. The number of hydrogen-bond acceptors (Lipinski definition) is 4. The van der Waals surface area contributed by atoms with Crippen LogP contribution in [0.1, 0.15) is 17.5 Å². The lowest BCUT2D eigenvalue weighted by atomic mass is 10.1. The number of esters is 1. The molecule has 1 saturated heterocycles. The molecule has 1 N–H and O–H groups in total. The van der Waals surface area contributed by atoms with Gasteiger partial charge in [0.1, 0.15) is 11.9 Å².